The van der Waals surface area contributed by atoms with Crippen LogP contribution in [0, 0.1) is 11.8 Å². The molecule has 0 radical (unpaired) electrons. The number of nitrogens with zero attached hydrogens (tertiary/aromatic N) is 5. The van der Waals surface area contributed by atoms with Crippen molar-refractivity contribution in [3.8, 4) is 5.75 Å². The fraction of sp³-hybridized carbons (Fsp3) is 0.450. The summed E-state index contributed by atoms with van der Waals surface area (Å²) in [7, 11) is 3.50. The lowest BCUT2D eigenvalue weighted by molar-refractivity contribution is 0.354. The highest BCUT2D eigenvalue weighted by atomic mass is 35.5. The topological polar surface area (TPSA) is 68.1 Å². The lowest BCUT2D eigenvalue weighted by Crippen LogP contribution is -2.39. The van der Waals surface area contributed by atoms with Gasteiger partial charge >= 0.3 is 0 Å². The van der Waals surface area contributed by atoms with E-state index >= 15 is 0 Å². The Labute approximate surface area is 169 Å². The zero-order chi connectivity index (χ0) is 19.8. The molecular formula is C20H25ClN6O. The van der Waals surface area contributed by atoms with Crippen LogP contribution in [0.1, 0.15) is 20.3 Å². The quantitative estimate of drug-likeness (QED) is 0.706. The molecule has 0 unspecified atom stereocenters. The third-order valence-corrected chi connectivity index (χ3v) is 5.44. The summed E-state index contributed by atoms with van der Waals surface area (Å²) in [5, 5.41) is 9.17. The minimum absolute atomic E-state index is 0.544. The maximum absolute atomic E-state index is 6.28. The highest BCUT2D eigenvalue weighted by molar-refractivity contribution is 6.32. The Morgan fingerprint density at radius 1 is 1.18 bits per heavy atom. The predicted molar refractivity (Wildman–Crippen MR) is 113 cm³/mol. The number of aryl methyl sites for hydroxylation is 1. The molecule has 1 fully saturated rings. The Kier molecular flexibility index (Phi) is 5.02. The van der Waals surface area contributed by atoms with Crippen LogP contribution >= 0.6 is 11.6 Å². The van der Waals surface area contributed by atoms with Crippen LogP contribution in [-0.2, 0) is 7.05 Å². The zero-order valence-electron chi connectivity index (χ0n) is 16.6. The van der Waals surface area contributed by atoms with E-state index in [1.807, 2.05) is 25.2 Å². The second-order valence-corrected chi connectivity index (χ2v) is 8.11. The number of aromatic nitrogens is 4. The summed E-state index contributed by atoms with van der Waals surface area (Å²) in [6, 6.07) is 5.58. The van der Waals surface area contributed by atoms with Gasteiger partial charge in [-0.15, -0.1) is 0 Å². The number of benzene rings is 1. The fourth-order valence-electron chi connectivity index (χ4n) is 3.95. The first-order chi connectivity index (χ1) is 13.4. The smallest absolute Gasteiger partial charge is 0.229 e. The largest absolute Gasteiger partial charge is 0.495 e. The molecule has 2 atom stereocenters. The Hall–Kier alpha value is -2.54. The lowest BCUT2D eigenvalue weighted by atomic mass is 9.92. The Morgan fingerprint density at radius 2 is 1.93 bits per heavy atom. The summed E-state index contributed by atoms with van der Waals surface area (Å²) >= 11 is 6.28. The van der Waals surface area contributed by atoms with Gasteiger partial charge in [-0.05, 0) is 36.5 Å². The van der Waals surface area contributed by atoms with Crippen LogP contribution in [0.4, 0.5) is 17.5 Å². The van der Waals surface area contributed by atoms with Crippen molar-refractivity contribution >= 4 is 40.1 Å². The van der Waals surface area contributed by atoms with E-state index < -0.39 is 0 Å². The number of rotatable bonds is 4. The molecule has 1 aliphatic heterocycles. The van der Waals surface area contributed by atoms with Crippen molar-refractivity contribution < 1.29 is 4.74 Å². The molecule has 4 rings (SSSR count). The van der Waals surface area contributed by atoms with Crippen LogP contribution in [0.5, 0.6) is 5.75 Å². The van der Waals surface area contributed by atoms with Crippen LogP contribution in [0.3, 0.4) is 0 Å². The molecule has 1 N–H and O–H groups in total. The molecule has 1 aliphatic rings. The van der Waals surface area contributed by atoms with Crippen molar-refractivity contribution in [2.24, 2.45) is 18.9 Å². The van der Waals surface area contributed by atoms with Gasteiger partial charge in [0.2, 0.25) is 5.95 Å². The third kappa shape index (κ3) is 3.58. The molecule has 0 spiro atoms. The van der Waals surface area contributed by atoms with E-state index in [2.05, 4.69) is 29.2 Å². The van der Waals surface area contributed by atoms with Gasteiger partial charge in [-0.3, -0.25) is 4.68 Å². The minimum atomic E-state index is 0.544. The number of halogens is 1. The van der Waals surface area contributed by atoms with Gasteiger partial charge in [-0.1, -0.05) is 25.4 Å². The number of hydrogen-bond acceptors (Lipinski definition) is 6. The van der Waals surface area contributed by atoms with Crippen molar-refractivity contribution in [1.29, 1.82) is 0 Å². The van der Waals surface area contributed by atoms with Gasteiger partial charge in [0.25, 0.3) is 0 Å². The Bertz CT molecular complexity index is 994. The molecule has 7 nitrogen and oxygen atoms in total. The van der Waals surface area contributed by atoms with Crippen LogP contribution < -0.4 is 15.0 Å². The first-order valence-electron chi connectivity index (χ1n) is 9.50. The number of piperidine rings is 1. The van der Waals surface area contributed by atoms with Gasteiger partial charge in [0, 0.05) is 25.8 Å². The van der Waals surface area contributed by atoms with E-state index in [0.717, 1.165) is 41.6 Å². The summed E-state index contributed by atoms with van der Waals surface area (Å²) in [6.45, 7) is 6.48. The van der Waals surface area contributed by atoms with E-state index in [4.69, 9.17) is 26.3 Å². The molecule has 3 heterocycles. The fourth-order valence-corrected chi connectivity index (χ4v) is 4.21. The van der Waals surface area contributed by atoms with Gasteiger partial charge in [0.05, 0.1) is 23.7 Å². The van der Waals surface area contributed by atoms with E-state index in [1.54, 1.807) is 18.0 Å². The van der Waals surface area contributed by atoms with Gasteiger partial charge in [-0.25, -0.2) is 0 Å². The number of fused-ring (bicyclic) bond motifs is 1. The van der Waals surface area contributed by atoms with Crippen molar-refractivity contribution in [2.45, 2.75) is 20.3 Å². The highest BCUT2D eigenvalue weighted by Gasteiger charge is 2.25. The average molecular weight is 401 g/mol. The molecule has 0 bridgehead atoms. The number of hydrogen-bond donors (Lipinski definition) is 1. The summed E-state index contributed by atoms with van der Waals surface area (Å²) < 4.78 is 7.02. The molecule has 1 aromatic carbocycles. The number of nitrogens with one attached hydrogen (secondary N) is 1. The Balaban J connectivity index is 1.74. The van der Waals surface area contributed by atoms with Crippen molar-refractivity contribution in [2.75, 3.05) is 30.4 Å². The maximum Gasteiger partial charge on any atom is 0.229 e. The van der Waals surface area contributed by atoms with Crippen LogP contribution in [0.15, 0.2) is 24.4 Å². The third-order valence-electron chi connectivity index (χ3n) is 5.15. The van der Waals surface area contributed by atoms with Crippen LogP contribution in [-0.4, -0.2) is 39.9 Å². The summed E-state index contributed by atoms with van der Waals surface area (Å²) in [5.41, 5.74) is 1.64. The predicted octanol–water partition coefficient (Wildman–Crippen LogP) is 4.25. The van der Waals surface area contributed by atoms with Gasteiger partial charge < -0.3 is 15.0 Å². The molecule has 0 aliphatic carbocycles. The SMILES string of the molecule is COc1ccc(Nc2nc(N3C[C@H](C)C[C@H](C)C3)nc3c2cnn3C)cc1Cl. The van der Waals surface area contributed by atoms with E-state index in [1.165, 1.54) is 6.42 Å². The van der Waals surface area contributed by atoms with Crippen molar-refractivity contribution in [1.82, 2.24) is 19.7 Å². The summed E-state index contributed by atoms with van der Waals surface area (Å²) in [6.07, 6.45) is 3.02. The van der Waals surface area contributed by atoms with E-state index in [0.29, 0.717) is 22.6 Å². The van der Waals surface area contributed by atoms with Gasteiger partial charge in [-0.2, -0.15) is 15.1 Å². The normalized spacial score (nSPS) is 19.8. The average Bonchev–Trinajstić information content (AvgIpc) is 3.02. The molecule has 0 saturated carbocycles. The molecule has 2 aromatic heterocycles. The maximum atomic E-state index is 6.28. The molecular weight excluding hydrogens is 376 g/mol. The second kappa shape index (κ2) is 7.47. The molecule has 0 amide bonds. The van der Waals surface area contributed by atoms with Crippen LogP contribution in [0.2, 0.25) is 5.02 Å². The standard InChI is InChI=1S/C20H25ClN6O/c1-12-7-13(2)11-27(10-12)20-24-18(15-9-22-26(3)19(15)25-20)23-14-5-6-17(28-4)16(21)8-14/h5-6,8-9,12-13H,7,10-11H2,1-4H3,(H,23,24,25)/t12-,13+. The van der Waals surface area contributed by atoms with Crippen molar-refractivity contribution in [3.05, 3.63) is 29.4 Å². The van der Waals surface area contributed by atoms with Gasteiger partial charge in [0.15, 0.2) is 5.65 Å². The number of anilines is 3. The highest BCUT2D eigenvalue weighted by Crippen LogP contribution is 2.32. The summed E-state index contributed by atoms with van der Waals surface area (Å²) in [5.74, 6) is 3.33. The van der Waals surface area contributed by atoms with E-state index in [9.17, 15) is 0 Å². The van der Waals surface area contributed by atoms with Crippen molar-refractivity contribution in [3.63, 3.8) is 0 Å². The first kappa shape index (κ1) is 18.8. The molecule has 28 heavy (non-hydrogen) atoms. The van der Waals surface area contributed by atoms with E-state index in [-0.39, 0.29) is 0 Å². The molecule has 3 aromatic rings. The lowest BCUT2D eigenvalue weighted by Gasteiger charge is -2.35. The number of ether oxygens (including phenoxy) is 1. The monoisotopic (exact) mass is 400 g/mol. The van der Waals surface area contributed by atoms with Gasteiger partial charge in [0.1, 0.15) is 11.6 Å². The molecule has 1 saturated heterocycles. The molecule has 8 heteroatoms. The number of methoxy groups -OCH3 is 1. The summed E-state index contributed by atoms with van der Waals surface area (Å²) in [4.78, 5) is 11.9. The second-order valence-electron chi connectivity index (χ2n) is 7.70. The first-order valence-corrected chi connectivity index (χ1v) is 9.87. The van der Waals surface area contributed by atoms with Crippen LogP contribution in [0.25, 0.3) is 11.0 Å². The minimum Gasteiger partial charge on any atom is -0.495 e. The molecule has 148 valence electrons. The Morgan fingerprint density at radius 3 is 2.61 bits per heavy atom. The zero-order valence-corrected chi connectivity index (χ0v) is 17.4.